The Morgan fingerprint density at radius 3 is 2.00 bits per heavy atom. The zero-order chi connectivity index (χ0) is 20.4. The summed E-state index contributed by atoms with van der Waals surface area (Å²) in [6, 6.07) is 23.0. The van der Waals surface area contributed by atoms with E-state index in [9.17, 15) is 13.2 Å². The van der Waals surface area contributed by atoms with Gasteiger partial charge in [0.25, 0.3) is 0 Å². The quantitative estimate of drug-likeness (QED) is 0.313. The maximum Gasteiger partial charge on any atom is 0.573 e. The van der Waals surface area contributed by atoms with E-state index < -0.39 is 6.36 Å². The molecular weight excluding hydrogens is 373 g/mol. The fourth-order valence-corrected chi connectivity index (χ4v) is 3.69. The summed E-state index contributed by atoms with van der Waals surface area (Å²) in [7, 11) is 0. The maximum atomic E-state index is 12.3. The topological polar surface area (TPSA) is 9.23 Å². The maximum absolute atomic E-state index is 12.3. The molecular formula is C25H21F3O. The molecule has 0 amide bonds. The number of fused-ring (bicyclic) bond motifs is 3. The van der Waals surface area contributed by atoms with Gasteiger partial charge in [-0.1, -0.05) is 67.9 Å². The van der Waals surface area contributed by atoms with E-state index in [1.165, 1.54) is 46.7 Å². The second kappa shape index (κ2) is 7.78. The Hall–Kier alpha value is -3.01. The Kier molecular flexibility index (Phi) is 5.18. The molecule has 0 aliphatic rings. The minimum Gasteiger partial charge on any atom is -0.406 e. The first-order chi connectivity index (χ1) is 13.9. The number of unbranched alkanes of at least 4 members (excludes halogenated alkanes) is 1. The average molecular weight is 394 g/mol. The van der Waals surface area contributed by atoms with Crippen LogP contribution in [0.5, 0.6) is 5.75 Å². The lowest BCUT2D eigenvalue weighted by atomic mass is 9.96. The number of aryl methyl sites for hydroxylation is 1. The van der Waals surface area contributed by atoms with E-state index in [-0.39, 0.29) is 5.75 Å². The number of halogens is 3. The molecule has 0 aliphatic heterocycles. The van der Waals surface area contributed by atoms with Gasteiger partial charge in [0.05, 0.1) is 0 Å². The molecule has 0 heterocycles. The Balaban J connectivity index is 1.66. The summed E-state index contributed by atoms with van der Waals surface area (Å²) in [6.45, 7) is 2.20. The van der Waals surface area contributed by atoms with Gasteiger partial charge < -0.3 is 4.74 Å². The second-order valence-corrected chi connectivity index (χ2v) is 7.23. The summed E-state index contributed by atoms with van der Waals surface area (Å²) < 4.78 is 40.9. The number of hydrogen-bond acceptors (Lipinski definition) is 1. The molecule has 0 saturated carbocycles. The highest BCUT2D eigenvalue weighted by Crippen LogP contribution is 2.32. The van der Waals surface area contributed by atoms with E-state index in [2.05, 4.69) is 54.1 Å². The molecule has 148 valence electrons. The van der Waals surface area contributed by atoms with Crippen molar-refractivity contribution in [2.24, 2.45) is 0 Å². The molecule has 29 heavy (non-hydrogen) atoms. The van der Waals surface area contributed by atoms with Crippen LogP contribution in [0.15, 0.2) is 72.8 Å². The number of hydrogen-bond donors (Lipinski definition) is 0. The molecule has 0 N–H and O–H groups in total. The summed E-state index contributed by atoms with van der Waals surface area (Å²) in [5.41, 5.74) is 3.16. The van der Waals surface area contributed by atoms with E-state index in [0.29, 0.717) is 0 Å². The molecule has 0 aliphatic carbocycles. The fraction of sp³-hybridized carbons (Fsp3) is 0.200. The second-order valence-electron chi connectivity index (χ2n) is 7.23. The Morgan fingerprint density at radius 1 is 0.724 bits per heavy atom. The van der Waals surface area contributed by atoms with E-state index in [4.69, 9.17) is 0 Å². The van der Waals surface area contributed by atoms with Crippen molar-refractivity contribution >= 4 is 21.5 Å². The number of ether oxygens (including phenoxy) is 1. The van der Waals surface area contributed by atoms with E-state index in [1.807, 2.05) is 6.07 Å². The zero-order valence-corrected chi connectivity index (χ0v) is 16.1. The van der Waals surface area contributed by atoms with Crippen molar-refractivity contribution in [1.82, 2.24) is 0 Å². The molecule has 4 aromatic rings. The molecule has 0 atom stereocenters. The first-order valence-electron chi connectivity index (χ1n) is 9.74. The summed E-state index contributed by atoms with van der Waals surface area (Å²) in [5, 5.41) is 4.72. The van der Waals surface area contributed by atoms with Crippen LogP contribution in [0, 0.1) is 0 Å². The van der Waals surface area contributed by atoms with Crippen LogP contribution in [0.1, 0.15) is 25.3 Å². The first-order valence-corrected chi connectivity index (χ1v) is 9.74. The molecule has 0 fully saturated rings. The third kappa shape index (κ3) is 4.37. The highest BCUT2D eigenvalue weighted by molar-refractivity contribution is 6.08. The van der Waals surface area contributed by atoms with E-state index in [0.717, 1.165) is 22.9 Å². The van der Waals surface area contributed by atoms with Crippen LogP contribution >= 0.6 is 0 Å². The minimum absolute atomic E-state index is 0.216. The van der Waals surface area contributed by atoms with Crippen LogP contribution in [0.4, 0.5) is 13.2 Å². The molecule has 1 nitrogen and oxygen atoms in total. The number of alkyl halides is 3. The molecule has 0 saturated heterocycles. The Bertz CT molecular complexity index is 1140. The number of rotatable bonds is 5. The van der Waals surface area contributed by atoms with Gasteiger partial charge in [0, 0.05) is 0 Å². The van der Waals surface area contributed by atoms with Gasteiger partial charge in [0.15, 0.2) is 0 Å². The third-order valence-electron chi connectivity index (χ3n) is 5.14. The van der Waals surface area contributed by atoms with Crippen molar-refractivity contribution in [3.05, 3.63) is 78.4 Å². The summed E-state index contributed by atoms with van der Waals surface area (Å²) in [6.07, 6.45) is -1.21. The molecule has 0 spiro atoms. The summed E-state index contributed by atoms with van der Waals surface area (Å²) >= 11 is 0. The van der Waals surface area contributed by atoms with Crippen LogP contribution in [-0.4, -0.2) is 6.36 Å². The highest BCUT2D eigenvalue weighted by Gasteiger charge is 2.30. The van der Waals surface area contributed by atoms with Crippen molar-refractivity contribution in [3.8, 4) is 16.9 Å². The molecule has 4 rings (SSSR count). The van der Waals surface area contributed by atoms with Gasteiger partial charge in [0.1, 0.15) is 5.75 Å². The first kappa shape index (κ1) is 19.3. The summed E-state index contributed by atoms with van der Waals surface area (Å²) in [4.78, 5) is 0. The lowest BCUT2D eigenvalue weighted by Gasteiger charge is -2.11. The van der Waals surface area contributed by atoms with Gasteiger partial charge in [-0.3, -0.25) is 0 Å². The van der Waals surface area contributed by atoms with Gasteiger partial charge >= 0.3 is 6.36 Å². The van der Waals surface area contributed by atoms with Crippen LogP contribution < -0.4 is 4.74 Å². The lowest BCUT2D eigenvalue weighted by Crippen LogP contribution is -2.16. The van der Waals surface area contributed by atoms with Gasteiger partial charge in [-0.2, -0.15) is 0 Å². The van der Waals surface area contributed by atoms with Gasteiger partial charge in [-0.25, -0.2) is 0 Å². The van der Waals surface area contributed by atoms with Crippen molar-refractivity contribution < 1.29 is 17.9 Å². The minimum atomic E-state index is -4.68. The largest absolute Gasteiger partial charge is 0.573 e. The third-order valence-corrected chi connectivity index (χ3v) is 5.14. The van der Waals surface area contributed by atoms with Crippen LogP contribution in [0.3, 0.4) is 0 Å². The van der Waals surface area contributed by atoms with Crippen LogP contribution in [0.25, 0.3) is 32.7 Å². The summed E-state index contributed by atoms with van der Waals surface area (Å²) in [5.74, 6) is -0.216. The standard InChI is InChI=1S/C25H21F3O/c1-2-3-4-17-5-13-23-20(15-17)6-7-21-16-19(10-14-24(21)23)18-8-11-22(12-9-18)29-25(26,27)28/h5-16H,2-4H2,1H3. The molecule has 4 aromatic carbocycles. The van der Waals surface area contributed by atoms with Gasteiger partial charge in [0.2, 0.25) is 0 Å². The number of benzene rings is 4. The Labute approximate surface area is 167 Å². The predicted octanol–water partition coefficient (Wildman–Crippen LogP) is 7.90. The predicted molar refractivity (Wildman–Crippen MR) is 112 cm³/mol. The van der Waals surface area contributed by atoms with Crippen molar-refractivity contribution in [2.45, 2.75) is 32.5 Å². The SMILES string of the molecule is CCCCc1ccc2c(ccc3cc(-c4ccc(OC(F)(F)F)cc4)ccc32)c1. The monoisotopic (exact) mass is 394 g/mol. The van der Waals surface area contributed by atoms with E-state index >= 15 is 0 Å². The Morgan fingerprint density at radius 2 is 1.34 bits per heavy atom. The molecule has 0 unspecified atom stereocenters. The normalized spacial score (nSPS) is 11.9. The van der Waals surface area contributed by atoms with Gasteiger partial charge in [-0.05, 0) is 69.3 Å². The van der Waals surface area contributed by atoms with Crippen molar-refractivity contribution in [1.29, 1.82) is 0 Å². The zero-order valence-electron chi connectivity index (χ0n) is 16.1. The van der Waals surface area contributed by atoms with Crippen molar-refractivity contribution in [3.63, 3.8) is 0 Å². The van der Waals surface area contributed by atoms with Crippen LogP contribution in [0.2, 0.25) is 0 Å². The van der Waals surface area contributed by atoms with Crippen molar-refractivity contribution in [2.75, 3.05) is 0 Å². The molecule has 0 radical (unpaired) electrons. The molecule has 4 heteroatoms. The lowest BCUT2D eigenvalue weighted by molar-refractivity contribution is -0.274. The molecule has 0 aromatic heterocycles. The van der Waals surface area contributed by atoms with E-state index in [1.54, 1.807) is 12.1 Å². The van der Waals surface area contributed by atoms with Gasteiger partial charge in [-0.15, -0.1) is 13.2 Å². The molecule has 0 bridgehead atoms. The smallest absolute Gasteiger partial charge is 0.406 e. The highest BCUT2D eigenvalue weighted by atomic mass is 19.4. The van der Waals surface area contributed by atoms with Crippen LogP contribution in [-0.2, 0) is 6.42 Å². The average Bonchev–Trinajstić information content (AvgIpc) is 2.71. The fourth-order valence-electron chi connectivity index (χ4n) is 3.69.